The molecule has 0 aromatic heterocycles. The number of benzene rings is 1. The molecular formula is C14H17NO2. The summed E-state index contributed by atoms with van der Waals surface area (Å²) in [5.74, 6) is 0.0454. The first kappa shape index (κ1) is 11.7. The fourth-order valence-corrected chi connectivity index (χ4v) is 2.28. The highest BCUT2D eigenvalue weighted by Gasteiger charge is 2.13. The van der Waals surface area contributed by atoms with Crippen LogP contribution in [-0.4, -0.2) is 11.0 Å². The third-order valence-electron chi connectivity index (χ3n) is 3.11. The quantitative estimate of drug-likeness (QED) is 0.835. The number of nitrogens with two attached hydrogens (primary N) is 1. The lowest BCUT2D eigenvalue weighted by molar-refractivity contribution is -0.118. The number of allylic oxidation sites excluding steroid dienone is 2. The number of hydrogen-bond donors (Lipinski definition) is 2. The molecule has 0 spiro atoms. The molecular weight excluding hydrogens is 214 g/mol. The molecule has 17 heavy (non-hydrogen) atoms. The van der Waals surface area contributed by atoms with Crippen LogP contribution in [-0.2, 0) is 11.2 Å². The Morgan fingerprint density at radius 1 is 1.41 bits per heavy atom. The van der Waals surface area contributed by atoms with Gasteiger partial charge in [0.05, 0.1) is 0 Å². The second-order valence-corrected chi connectivity index (χ2v) is 4.43. The van der Waals surface area contributed by atoms with E-state index in [1.54, 1.807) is 6.07 Å². The highest BCUT2D eigenvalue weighted by molar-refractivity contribution is 5.75. The van der Waals surface area contributed by atoms with Crippen molar-refractivity contribution < 1.29 is 9.90 Å². The van der Waals surface area contributed by atoms with E-state index in [0.717, 1.165) is 31.2 Å². The van der Waals surface area contributed by atoms with Gasteiger partial charge < -0.3 is 10.8 Å². The van der Waals surface area contributed by atoms with Crippen LogP contribution in [0.1, 0.15) is 36.8 Å². The Morgan fingerprint density at radius 3 is 3.00 bits per heavy atom. The molecule has 0 saturated carbocycles. The molecule has 3 heteroatoms. The van der Waals surface area contributed by atoms with Crippen LogP contribution in [0.4, 0.5) is 0 Å². The van der Waals surface area contributed by atoms with Gasteiger partial charge in [0, 0.05) is 6.42 Å². The third-order valence-corrected chi connectivity index (χ3v) is 3.11. The zero-order chi connectivity index (χ0) is 12.3. The molecule has 3 nitrogen and oxygen atoms in total. The molecule has 3 N–H and O–H groups in total. The topological polar surface area (TPSA) is 63.3 Å². The van der Waals surface area contributed by atoms with Crippen molar-refractivity contribution in [2.24, 2.45) is 5.73 Å². The predicted molar refractivity (Wildman–Crippen MR) is 67.5 cm³/mol. The number of hydrogen-bond acceptors (Lipinski definition) is 2. The average Bonchev–Trinajstić information content (AvgIpc) is 2.29. The second kappa shape index (κ2) is 5.04. The Kier molecular flexibility index (Phi) is 3.47. The summed E-state index contributed by atoms with van der Waals surface area (Å²) < 4.78 is 0. The van der Waals surface area contributed by atoms with Crippen molar-refractivity contribution >= 4 is 11.5 Å². The summed E-state index contributed by atoms with van der Waals surface area (Å²) >= 11 is 0. The van der Waals surface area contributed by atoms with Crippen LogP contribution < -0.4 is 5.73 Å². The summed E-state index contributed by atoms with van der Waals surface area (Å²) in [6, 6.07) is 5.52. The van der Waals surface area contributed by atoms with Crippen molar-refractivity contribution in [2.75, 3.05) is 0 Å². The molecule has 0 saturated heterocycles. The molecule has 1 aromatic rings. The van der Waals surface area contributed by atoms with Gasteiger partial charge in [-0.3, -0.25) is 4.79 Å². The number of aromatic hydroxyl groups is 1. The Hall–Kier alpha value is -1.77. The van der Waals surface area contributed by atoms with E-state index in [-0.39, 0.29) is 5.91 Å². The second-order valence-electron chi connectivity index (χ2n) is 4.43. The summed E-state index contributed by atoms with van der Waals surface area (Å²) in [4.78, 5) is 10.7. The lowest BCUT2D eigenvalue weighted by Crippen LogP contribution is -2.10. The molecule has 1 aromatic carbocycles. The molecule has 0 unspecified atom stereocenters. The Balaban J connectivity index is 2.11. The summed E-state index contributed by atoms with van der Waals surface area (Å²) in [5.41, 5.74) is 8.76. The predicted octanol–water partition coefficient (Wildman–Crippen LogP) is 2.38. The van der Waals surface area contributed by atoms with Crippen LogP contribution in [0.3, 0.4) is 0 Å². The summed E-state index contributed by atoms with van der Waals surface area (Å²) in [6.45, 7) is 0. The van der Waals surface area contributed by atoms with Crippen LogP contribution in [0.25, 0.3) is 5.57 Å². The van der Waals surface area contributed by atoms with E-state index < -0.39 is 0 Å². The van der Waals surface area contributed by atoms with Crippen molar-refractivity contribution in [3.8, 4) is 5.75 Å². The zero-order valence-electron chi connectivity index (χ0n) is 9.78. The van der Waals surface area contributed by atoms with Gasteiger partial charge in [-0.15, -0.1) is 0 Å². The highest BCUT2D eigenvalue weighted by atomic mass is 16.3. The van der Waals surface area contributed by atoms with E-state index in [0.29, 0.717) is 12.2 Å². The molecule has 0 heterocycles. The van der Waals surface area contributed by atoms with Gasteiger partial charge in [0.2, 0.25) is 5.91 Å². The van der Waals surface area contributed by atoms with Gasteiger partial charge >= 0.3 is 0 Å². The highest BCUT2D eigenvalue weighted by Crippen LogP contribution is 2.32. The van der Waals surface area contributed by atoms with Crippen molar-refractivity contribution in [3.63, 3.8) is 0 Å². The maximum Gasteiger partial charge on any atom is 0.217 e. The maximum absolute atomic E-state index is 10.7. The first-order valence-electron chi connectivity index (χ1n) is 5.96. The maximum atomic E-state index is 10.7. The van der Waals surface area contributed by atoms with Crippen molar-refractivity contribution in [1.29, 1.82) is 0 Å². The van der Waals surface area contributed by atoms with Crippen LogP contribution >= 0.6 is 0 Å². The number of phenolic OH excluding ortho intramolecular Hbond substituents is 1. The van der Waals surface area contributed by atoms with E-state index >= 15 is 0 Å². The smallest absolute Gasteiger partial charge is 0.217 e. The van der Waals surface area contributed by atoms with Crippen LogP contribution in [0, 0.1) is 0 Å². The van der Waals surface area contributed by atoms with Gasteiger partial charge in [-0.25, -0.2) is 0 Å². The minimum Gasteiger partial charge on any atom is -0.508 e. The van der Waals surface area contributed by atoms with Gasteiger partial charge in [-0.2, -0.15) is 0 Å². The monoisotopic (exact) mass is 231 g/mol. The molecule has 2 rings (SSSR count). The number of carbonyl (C=O) groups is 1. The number of fused-ring (bicyclic) bond motifs is 1. The van der Waals surface area contributed by atoms with E-state index in [9.17, 15) is 9.90 Å². The first-order valence-corrected chi connectivity index (χ1v) is 5.96. The zero-order valence-corrected chi connectivity index (χ0v) is 9.78. The molecule has 1 aliphatic carbocycles. The number of carbonyl (C=O) groups excluding carboxylic acids is 1. The summed E-state index contributed by atoms with van der Waals surface area (Å²) in [6.07, 6.45) is 6.29. The Labute approximate surface area is 101 Å². The van der Waals surface area contributed by atoms with Crippen molar-refractivity contribution in [3.05, 3.63) is 35.4 Å². The van der Waals surface area contributed by atoms with E-state index in [2.05, 4.69) is 6.08 Å². The molecule has 0 radical (unpaired) electrons. The number of amides is 1. The largest absolute Gasteiger partial charge is 0.508 e. The fraction of sp³-hybridized carbons (Fsp3) is 0.357. The molecule has 0 aliphatic heterocycles. The van der Waals surface area contributed by atoms with E-state index in [1.807, 2.05) is 12.1 Å². The molecule has 0 fully saturated rings. The molecule has 1 amide bonds. The van der Waals surface area contributed by atoms with Crippen molar-refractivity contribution in [2.45, 2.75) is 32.1 Å². The molecule has 0 atom stereocenters. The van der Waals surface area contributed by atoms with Gasteiger partial charge in [-0.1, -0.05) is 12.1 Å². The lowest BCUT2D eigenvalue weighted by Gasteiger charge is -2.17. The van der Waals surface area contributed by atoms with Gasteiger partial charge in [-0.05, 0) is 54.5 Å². The number of aryl methyl sites for hydroxylation is 1. The minimum atomic E-state index is -0.252. The number of phenols is 1. The van der Waals surface area contributed by atoms with Crippen LogP contribution in [0.15, 0.2) is 24.3 Å². The standard InChI is InChI=1S/C14H17NO2/c15-14(17)6-2-5-10-3-1-4-11-7-8-12(16)9-13(10)11/h3,7-9,16H,1-2,4-6H2,(H2,15,17). The first-order chi connectivity index (χ1) is 8.16. The molecule has 0 bridgehead atoms. The lowest BCUT2D eigenvalue weighted by atomic mass is 9.88. The van der Waals surface area contributed by atoms with Crippen LogP contribution in [0.2, 0.25) is 0 Å². The van der Waals surface area contributed by atoms with Gasteiger partial charge in [0.25, 0.3) is 0 Å². The minimum absolute atomic E-state index is 0.252. The number of primary amides is 1. The van der Waals surface area contributed by atoms with E-state index in [4.69, 9.17) is 5.73 Å². The van der Waals surface area contributed by atoms with E-state index in [1.165, 1.54) is 11.1 Å². The third kappa shape index (κ3) is 2.87. The Bertz CT molecular complexity index is 463. The molecule has 90 valence electrons. The van der Waals surface area contributed by atoms with Gasteiger partial charge in [0.15, 0.2) is 0 Å². The Morgan fingerprint density at radius 2 is 2.24 bits per heavy atom. The SMILES string of the molecule is NC(=O)CCCC1=CCCc2ccc(O)cc21. The summed E-state index contributed by atoms with van der Waals surface area (Å²) in [5, 5.41) is 9.52. The van der Waals surface area contributed by atoms with Crippen LogP contribution in [0.5, 0.6) is 5.75 Å². The van der Waals surface area contributed by atoms with Gasteiger partial charge in [0.1, 0.15) is 5.75 Å². The summed E-state index contributed by atoms with van der Waals surface area (Å²) in [7, 11) is 0. The molecule has 1 aliphatic rings. The normalized spacial score (nSPS) is 14.0. The average molecular weight is 231 g/mol. The fourth-order valence-electron chi connectivity index (χ4n) is 2.28. The number of rotatable bonds is 4. The van der Waals surface area contributed by atoms with Crippen molar-refractivity contribution in [1.82, 2.24) is 0 Å².